The smallest absolute Gasteiger partial charge is 0.337 e. The minimum absolute atomic E-state index is 0.0980. The molecule has 2 heterocycles. The van der Waals surface area contributed by atoms with Crippen molar-refractivity contribution in [1.29, 1.82) is 0 Å². The average Bonchev–Trinajstić information content (AvgIpc) is 3.41. The number of hydrogen-bond acceptors (Lipinski definition) is 4. The molecule has 7 nitrogen and oxygen atoms in total. The lowest BCUT2D eigenvalue weighted by molar-refractivity contribution is -0.160. The fraction of sp³-hybridized carbons (Fsp3) is 0.393. The molecule has 0 unspecified atom stereocenters. The molecule has 1 amide bonds. The van der Waals surface area contributed by atoms with Gasteiger partial charge in [0.15, 0.2) is 6.10 Å². The van der Waals surface area contributed by atoms with Gasteiger partial charge in [0.25, 0.3) is 5.91 Å². The number of carboxylic acid groups (broad SMARTS) is 1. The van der Waals surface area contributed by atoms with Gasteiger partial charge >= 0.3 is 5.97 Å². The zero-order chi connectivity index (χ0) is 25.7. The molecule has 7 heteroatoms. The van der Waals surface area contributed by atoms with Crippen LogP contribution in [0.4, 0.5) is 0 Å². The molecule has 2 aromatic carbocycles. The first-order chi connectivity index (χ1) is 16.4. The standard InChI is InChI=1S/C28H33N3O4/c1-16-8-10-19(11-9-16)23-17(2)20-14-31(26(32)22-12-13-29-30(22)7)15-21(20)18(3)24(23)25(27(33)34)35-28(4,5)6/h8-13,25H,14-15H2,1-7H3,(H,33,34)/t25-/m0/s1. The summed E-state index contributed by atoms with van der Waals surface area (Å²) in [5.74, 6) is -1.13. The van der Waals surface area contributed by atoms with E-state index >= 15 is 0 Å². The monoisotopic (exact) mass is 475 g/mol. The fourth-order valence-electron chi connectivity index (χ4n) is 4.92. The minimum Gasteiger partial charge on any atom is -0.479 e. The molecule has 1 aliphatic rings. The molecule has 0 radical (unpaired) electrons. The van der Waals surface area contributed by atoms with Crippen LogP contribution in [0.15, 0.2) is 36.5 Å². The molecule has 184 valence electrons. The number of benzene rings is 2. The normalized spacial score (nSPS) is 14.2. The third-order valence-electron chi connectivity index (χ3n) is 6.64. The number of aliphatic carboxylic acids is 1. The van der Waals surface area contributed by atoms with E-state index in [1.807, 2.05) is 65.8 Å². The Balaban J connectivity index is 1.91. The van der Waals surface area contributed by atoms with Gasteiger partial charge in [-0.3, -0.25) is 9.48 Å². The SMILES string of the molecule is Cc1ccc(-c2c(C)c3c(c(C)c2[C@H](OC(C)(C)C)C(=O)O)CN(C(=O)c2ccnn2C)C3)cc1. The summed E-state index contributed by atoms with van der Waals surface area (Å²) in [5.41, 5.74) is 7.35. The van der Waals surface area contributed by atoms with Crippen LogP contribution >= 0.6 is 0 Å². The maximum Gasteiger partial charge on any atom is 0.337 e. The Kier molecular flexibility index (Phi) is 6.32. The lowest BCUT2D eigenvalue weighted by Crippen LogP contribution is -2.29. The molecule has 0 bridgehead atoms. The van der Waals surface area contributed by atoms with Crippen LogP contribution in [0.25, 0.3) is 11.1 Å². The van der Waals surface area contributed by atoms with Crippen molar-refractivity contribution in [3.63, 3.8) is 0 Å². The zero-order valence-electron chi connectivity index (χ0n) is 21.5. The molecule has 3 aromatic rings. The first-order valence-electron chi connectivity index (χ1n) is 11.8. The van der Waals surface area contributed by atoms with Crippen LogP contribution in [-0.2, 0) is 29.7 Å². The number of aryl methyl sites for hydroxylation is 2. The average molecular weight is 476 g/mol. The van der Waals surface area contributed by atoms with E-state index in [2.05, 4.69) is 5.10 Å². The molecule has 1 aromatic heterocycles. The Labute approximate surface area is 206 Å². The number of rotatable bonds is 5. The topological polar surface area (TPSA) is 84.7 Å². The van der Waals surface area contributed by atoms with Gasteiger partial charge in [-0.15, -0.1) is 0 Å². The predicted octanol–water partition coefficient (Wildman–Crippen LogP) is 5.11. The van der Waals surface area contributed by atoms with Gasteiger partial charge in [-0.1, -0.05) is 29.8 Å². The Bertz CT molecular complexity index is 1300. The van der Waals surface area contributed by atoms with E-state index in [0.29, 0.717) is 24.3 Å². The lowest BCUT2D eigenvalue weighted by atomic mass is 9.83. The molecule has 0 aliphatic carbocycles. The molecule has 4 rings (SSSR count). The van der Waals surface area contributed by atoms with E-state index in [1.54, 1.807) is 28.9 Å². The first-order valence-corrected chi connectivity index (χ1v) is 11.8. The van der Waals surface area contributed by atoms with Crippen LogP contribution in [0, 0.1) is 20.8 Å². The summed E-state index contributed by atoms with van der Waals surface area (Å²) in [5, 5.41) is 14.4. The summed E-state index contributed by atoms with van der Waals surface area (Å²) in [4.78, 5) is 27.6. The number of carboxylic acids is 1. The van der Waals surface area contributed by atoms with E-state index in [9.17, 15) is 14.7 Å². The van der Waals surface area contributed by atoms with Crippen LogP contribution < -0.4 is 0 Å². The molecular weight excluding hydrogens is 442 g/mol. The van der Waals surface area contributed by atoms with E-state index < -0.39 is 17.7 Å². The molecule has 1 N–H and O–H groups in total. The third kappa shape index (κ3) is 4.60. The molecule has 1 atom stereocenters. The number of carbonyl (C=O) groups excluding carboxylic acids is 1. The van der Waals surface area contributed by atoms with Crippen LogP contribution in [0.2, 0.25) is 0 Å². The van der Waals surface area contributed by atoms with Crippen molar-refractivity contribution in [2.45, 2.75) is 66.3 Å². The maximum atomic E-state index is 13.3. The van der Waals surface area contributed by atoms with Crippen LogP contribution in [0.3, 0.4) is 0 Å². The molecule has 0 saturated heterocycles. The summed E-state index contributed by atoms with van der Waals surface area (Å²) >= 11 is 0. The van der Waals surface area contributed by atoms with Crippen molar-refractivity contribution in [2.24, 2.45) is 7.05 Å². The highest BCUT2D eigenvalue weighted by molar-refractivity contribution is 5.93. The molecule has 1 aliphatic heterocycles. The third-order valence-corrected chi connectivity index (χ3v) is 6.64. The molecule has 0 spiro atoms. The highest BCUT2D eigenvalue weighted by atomic mass is 16.5. The number of ether oxygens (including phenoxy) is 1. The molecule has 35 heavy (non-hydrogen) atoms. The Morgan fingerprint density at radius 3 is 2.11 bits per heavy atom. The summed E-state index contributed by atoms with van der Waals surface area (Å²) in [7, 11) is 1.75. The van der Waals surface area contributed by atoms with Crippen molar-refractivity contribution in [3.8, 4) is 11.1 Å². The summed E-state index contributed by atoms with van der Waals surface area (Å²) in [6, 6.07) is 9.82. The fourth-order valence-corrected chi connectivity index (χ4v) is 4.92. The van der Waals surface area contributed by atoms with E-state index in [0.717, 1.165) is 38.9 Å². The second-order valence-electron chi connectivity index (χ2n) is 10.3. The number of nitrogens with zero attached hydrogens (tertiary/aromatic N) is 3. The van der Waals surface area contributed by atoms with Gasteiger partial charge in [0.1, 0.15) is 5.69 Å². The van der Waals surface area contributed by atoms with Gasteiger partial charge in [-0.25, -0.2) is 4.79 Å². The second-order valence-corrected chi connectivity index (χ2v) is 10.3. The first kappa shape index (κ1) is 24.7. The quantitative estimate of drug-likeness (QED) is 0.554. The van der Waals surface area contributed by atoms with Gasteiger partial charge < -0.3 is 14.7 Å². The van der Waals surface area contributed by atoms with Crippen molar-refractivity contribution in [1.82, 2.24) is 14.7 Å². The lowest BCUT2D eigenvalue weighted by Gasteiger charge is -2.29. The number of hydrogen-bond donors (Lipinski definition) is 1. The van der Waals surface area contributed by atoms with Crippen molar-refractivity contribution < 1.29 is 19.4 Å². The van der Waals surface area contributed by atoms with Crippen molar-refractivity contribution >= 4 is 11.9 Å². The molecule has 0 fully saturated rings. The van der Waals surface area contributed by atoms with Crippen LogP contribution in [-0.4, -0.2) is 37.3 Å². The predicted molar refractivity (Wildman–Crippen MR) is 134 cm³/mol. The zero-order valence-corrected chi connectivity index (χ0v) is 21.5. The van der Waals surface area contributed by atoms with Gasteiger partial charge in [0.05, 0.1) is 5.60 Å². The highest BCUT2D eigenvalue weighted by Gasteiger charge is 2.36. The second kappa shape index (κ2) is 8.96. The number of fused-ring (bicyclic) bond motifs is 1. The van der Waals surface area contributed by atoms with E-state index in [4.69, 9.17) is 4.74 Å². The van der Waals surface area contributed by atoms with Gasteiger partial charge in [0, 0.05) is 31.9 Å². The van der Waals surface area contributed by atoms with Gasteiger partial charge in [-0.2, -0.15) is 5.10 Å². The minimum atomic E-state index is -1.14. The number of carbonyl (C=O) groups is 2. The number of aromatic nitrogens is 2. The van der Waals surface area contributed by atoms with Crippen molar-refractivity contribution in [3.05, 3.63) is 75.6 Å². The number of amides is 1. The maximum absolute atomic E-state index is 13.3. The Hall–Kier alpha value is -3.45. The largest absolute Gasteiger partial charge is 0.479 e. The molecule has 0 saturated carbocycles. The molecular formula is C28H33N3O4. The summed E-state index contributed by atoms with van der Waals surface area (Å²) < 4.78 is 7.70. The van der Waals surface area contributed by atoms with Crippen molar-refractivity contribution in [2.75, 3.05) is 0 Å². The van der Waals surface area contributed by atoms with Crippen LogP contribution in [0.1, 0.15) is 70.7 Å². The summed E-state index contributed by atoms with van der Waals surface area (Å²) in [6.07, 6.45) is 0.471. The Morgan fingerprint density at radius 1 is 1.00 bits per heavy atom. The summed E-state index contributed by atoms with van der Waals surface area (Å²) in [6.45, 7) is 12.4. The van der Waals surface area contributed by atoms with E-state index in [-0.39, 0.29) is 5.91 Å². The van der Waals surface area contributed by atoms with Gasteiger partial charge in [-0.05, 0) is 81.0 Å². The highest BCUT2D eigenvalue weighted by Crippen LogP contribution is 2.43. The van der Waals surface area contributed by atoms with E-state index in [1.165, 1.54) is 0 Å². The van der Waals surface area contributed by atoms with Crippen LogP contribution in [0.5, 0.6) is 0 Å². The van der Waals surface area contributed by atoms with Gasteiger partial charge in [0.2, 0.25) is 0 Å². The Morgan fingerprint density at radius 2 is 1.60 bits per heavy atom.